The summed E-state index contributed by atoms with van der Waals surface area (Å²) in [6, 6.07) is 15.5. The van der Waals surface area contributed by atoms with Crippen LogP contribution in [0.15, 0.2) is 72.0 Å². The molecule has 1 N–H and O–H groups in total. The van der Waals surface area contributed by atoms with Gasteiger partial charge in [0.05, 0.1) is 5.71 Å². The first kappa shape index (κ1) is 27.1. The van der Waals surface area contributed by atoms with E-state index in [2.05, 4.69) is 15.0 Å². The molecule has 206 valence electrons. The molecule has 0 radical (unpaired) electrons. The van der Waals surface area contributed by atoms with Crippen LogP contribution in [0.5, 0.6) is 0 Å². The van der Waals surface area contributed by atoms with E-state index < -0.39 is 0 Å². The third kappa shape index (κ3) is 6.38. The van der Waals surface area contributed by atoms with Crippen molar-refractivity contribution in [3.8, 4) is 0 Å². The van der Waals surface area contributed by atoms with Gasteiger partial charge in [-0.1, -0.05) is 41.6 Å². The molecule has 0 bridgehead atoms. The first-order valence-corrected chi connectivity index (χ1v) is 14.0. The summed E-state index contributed by atoms with van der Waals surface area (Å²) < 4.78 is 13.2. The van der Waals surface area contributed by atoms with Crippen LogP contribution in [-0.2, 0) is 11.3 Å². The van der Waals surface area contributed by atoms with Crippen LogP contribution in [0, 0.1) is 17.7 Å². The molecule has 3 heterocycles. The fourth-order valence-electron chi connectivity index (χ4n) is 6.10. The van der Waals surface area contributed by atoms with Gasteiger partial charge in [-0.25, -0.2) is 4.39 Å². The van der Waals surface area contributed by atoms with Crippen LogP contribution in [0.1, 0.15) is 48.0 Å². The molecule has 0 spiro atoms. The molecule has 1 amide bonds. The number of unbranched alkanes of at least 4 members (excludes halogenated alkanes) is 1. The van der Waals surface area contributed by atoms with Crippen molar-refractivity contribution in [2.75, 3.05) is 32.7 Å². The number of oxime groups is 1. The van der Waals surface area contributed by atoms with E-state index in [0.717, 1.165) is 57.4 Å². The molecule has 8 heteroatoms. The molecule has 0 aliphatic carbocycles. The van der Waals surface area contributed by atoms with Crippen molar-refractivity contribution in [2.45, 2.75) is 44.7 Å². The van der Waals surface area contributed by atoms with Gasteiger partial charge >= 0.3 is 0 Å². The molecule has 7 nitrogen and oxygen atoms in total. The Labute approximate surface area is 229 Å². The minimum absolute atomic E-state index is 0.000784. The molecule has 0 saturated carbocycles. The molecule has 5 rings (SSSR count). The molecule has 2 unspecified atom stereocenters. The van der Waals surface area contributed by atoms with Gasteiger partial charge in [0.2, 0.25) is 5.91 Å². The van der Waals surface area contributed by atoms with Gasteiger partial charge in [-0.15, -0.1) is 0 Å². The SMILES string of the molecule is O=C(c1ccc(F)cc1)C1CCN(CCCCN2C=CC3/C(=N\O)CCN(Cc4ccccc4)C(=O)C32)CC1. The zero-order valence-electron chi connectivity index (χ0n) is 22.3. The summed E-state index contributed by atoms with van der Waals surface area (Å²) in [5, 5.41) is 13.2. The van der Waals surface area contributed by atoms with E-state index in [0.29, 0.717) is 30.8 Å². The molecule has 2 atom stereocenters. The highest BCUT2D eigenvalue weighted by Gasteiger charge is 2.42. The van der Waals surface area contributed by atoms with Crippen molar-refractivity contribution >= 4 is 17.4 Å². The smallest absolute Gasteiger partial charge is 0.246 e. The second-order valence-electron chi connectivity index (χ2n) is 10.8. The van der Waals surface area contributed by atoms with Crippen molar-refractivity contribution in [1.29, 1.82) is 0 Å². The molecule has 2 aromatic rings. The van der Waals surface area contributed by atoms with Crippen LogP contribution in [0.4, 0.5) is 4.39 Å². The Morgan fingerprint density at radius 2 is 1.69 bits per heavy atom. The molecular weight excluding hydrogens is 495 g/mol. The van der Waals surface area contributed by atoms with Crippen molar-refractivity contribution in [3.63, 3.8) is 0 Å². The van der Waals surface area contributed by atoms with E-state index >= 15 is 0 Å². The van der Waals surface area contributed by atoms with Crippen LogP contribution in [0.25, 0.3) is 0 Å². The van der Waals surface area contributed by atoms with Gasteiger partial charge in [-0.2, -0.15) is 0 Å². The van der Waals surface area contributed by atoms with E-state index in [1.165, 1.54) is 12.1 Å². The lowest BCUT2D eigenvalue weighted by molar-refractivity contribution is -0.136. The Balaban J connectivity index is 1.10. The topological polar surface area (TPSA) is 76.5 Å². The van der Waals surface area contributed by atoms with E-state index in [1.807, 2.05) is 47.5 Å². The van der Waals surface area contributed by atoms with Crippen LogP contribution in [0.3, 0.4) is 0 Å². The highest BCUT2D eigenvalue weighted by molar-refractivity contribution is 5.98. The zero-order chi connectivity index (χ0) is 27.2. The van der Waals surface area contributed by atoms with Crippen LogP contribution < -0.4 is 0 Å². The molecule has 2 fully saturated rings. The summed E-state index contributed by atoms with van der Waals surface area (Å²) >= 11 is 0. The fraction of sp³-hybridized carbons (Fsp3) is 0.452. The number of likely N-dealkylation sites (tertiary alicyclic amines) is 2. The van der Waals surface area contributed by atoms with Crippen LogP contribution >= 0.6 is 0 Å². The number of nitrogens with zero attached hydrogens (tertiary/aromatic N) is 4. The van der Waals surface area contributed by atoms with Crippen molar-refractivity contribution in [3.05, 3.63) is 83.8 Å². The summed E-state index contributed by atoms with van der Waals surface area (Å²) in [5.41, 5.74) is 2.35. The zero-order valence-corrected chi connectivity index (χ0v) is 22.3. The maximum atomic E-state index is 13.6. The van der Waals surface area contributed by atoms with Crippen molar-refractivity contribution < 1.29 is 19.2 Å². The maximum Gasteiger partial charge on any atom is 0.246 e. The van der Waals surface area contributed by atoms with Gasteiger partial charge < -0.3 is 19.9 Å². The molecule has 3 aliphatic heterocycles. The van der Waals surface area contributed by atoms with Gasteiger partial charge in [0.15, 0.2) is 5.78 Å². The van der Waals surface area contributed by atoms with Crippen LogP contribution in [-0.4, -0.2) is 76.1 Å². The summed E-state index contributed by atoms with van der Waals surface area (Å²) in [7, 11) is 0. The third-order valence-corrected chi connectivity index (χ3v) is 8.34. The van der Waals surface area contributed by atoms with E-state index in [-0.39, 0.29) is 35.4 Å². The Kier molecular flexibility index (Phi) is 8.71. The molecule has 0 aromatic heterocycles. The number of amides is 1. The second-order valence-corrected chi connectivity index (χ2v) is 10.8. The number of carbonyl (C=O) groups is 2. The Morgan fingerprint density at radius 1 is 0.974 bits per heavy atom. The normalized spacial score (nSPS) is 23.3. The van der Waals surface area contributed by atoms with Gasteiger partial charge in [0, 0.05) is 43.5 Å². The number of Topliss-reactive ketones (excluding diaryl/α,β-unsaturated/α-hetero) is 1. The standard InChI is InChI=1S/C31H37FN4O3/c32-26-10-8-24(9-11-26)30(37)25-12-18-34(19-13-25)16-4-5-17-35-20-14-27-28(33-39)15-21-36(31(38)29(27)35)22-23-6-2-1-3-7-23/h1-3,6-11,14,20,25,27,29,39H,4-5,12-13,15-19,21-22H2/b33-28-. The Bertz CT molecular complexity index is 1190. The quantitative estimate of drug-likeness (QED) is 0.222. The number of hydrogen-bond donors (Lipinski definition) is 1. The first-order chi connectivity index (χ1) is 19.0. The number of rotatable bonds is 9. The Morgan fingerprint density at radius 3 is 2.41 bits per heavy atom. The minimum Gasteiger partial charge on any atom is -0.411 e. The summed E-state index contributed by atoms with van der Waals surface area (Å²) in [4.78, 5) is 32.8. The van der Waals surface area contributed by atoms with Crippen molar-refractivity contribution in [2.24, 2.45) is 17.0 Å². The Hall–Kier alpha value is -3.52. The highest BCUT2D eigenvalue weighted by Crippen LogP contribution is 2.30. The lowest BCUT2D eigenvalue weighted by atomic mass is 9.89. The molecular formula is C31H37FN4O3. The van der Waals surface area contributed by atoms with Gasteiger partial charge in [0.1, 0.15) is 11.9 Å². The fourth-order valence-corrected chi connectivity index (χ4v) is 6.10. The first-order valence-electron chi connectivity index (χ1n) is 14.0. The average molecular weight is 533 g/mol. The molecule has 2 saturated heterocycles. The van der Waals surface area contributed by atoms with Crippen molar-refractivity contribution in [1.82, 2.24) is 14.7 Å². The predicted octanol–water partition coefficient (Wildman–Crippen LogP) is 4.58. The minimum atomic E-state index is -0.365. The lowest BCUT2D eigenvalue weighted by Gasteiger charge is -2.32. The number of halogens is 1. The monoisotopic (exact) mass is 532 g/mol. The maximum absolute atomic E-state index is 13.6. The molecule has 39 heavy (non-hydrogen) atoms. The number of fused-ring (bicyclic) bond motifs is 1. The van der Waals surface area contributed by atoms with Gasteiger partial charge in [-0.3, -0.25) is 9.59 Å². The van der Waals surface area contributed by atoms with Gasteiger partial charge in [-0.05, 0) is 81.3 Å². The summed E-state index contributed by atoms with van der Waals surface area (Å²) in [6.07, 6.45) is 8.16. The number of hydrogen-bond acceptors (Lipinski definition) is 6. The highest BCUT2D eigenvalue weighted by atomic mass is 19.1. The number of carbonyl (C=O) groups excluding carboxylic acids is 2. The van der Waals surface area contributed by atoms with E-state index in [1.54, 1.807) is 12.1 Å². The predicted molar refractivity (Wildman–Crippen MR) is 148 cm³/mol. The average Bonchev–Trinajstić information content (AvgIpc) is 3.33. The third-order valence-electron chi connectivity index (χ3n) is 8.34. The largest absolute Gasteiger partial charge is 0.411 e. The summed E-state index contributed by atoms with van der Waals surface area (Å²) in [5.74, 6) is -0.316. The van der Waals surface area contributed by atoms with E-state index in [4.69, 9.17) is 0 Å². The summed E-state index contributed by atoms with van der Waals surface area (Å²) in [6.45, 7) is 4.59. The van der Waals surface area contributed by atoms with E-state index in [9.17, 15) is 19.2 Å². The second kappa shape index (κ2) is 12.6. The number of ketones is 1. The van der Waals surface area contributed by atoms with Crippen LogP contribution in [0.2, 0.25) is 0 Å². The number of benzene rings is 2. The molecule has 3 aliphatic rings. The van der Waals surface area contributed by atoms with Gasteiger partial charge in [0.25, 0.3) is 0 Å². The molecule has 2 aromatic carbocycles. The number of piperidine rings is 1. The lowest BCUT2D eigenvalue weighted by Crippen LogP contribution is -2.47.